The molecule has 4 heteroatoms. The highest BCUT2D eigenvalue weighted by Gasteiger charge is 1.98. The Labute approximate surface area is 48.2 Å². The summed E-state index contributed by atoms with van der Waals surface area (Å²) in [4.78, 5) is 14.6. The van der Waals surface area contributed by atoms with E-state index in [-0.39, 0.29) is 0 Å². The van der Waals surface area contributed by atoms with Crippen LogP contribution in [0.1, 0.15) is 6.92 Å². The molecule has 0 saturated heterocycles. The van der Waals surface area contributed by atoms with E-state index in [1.54, 1.807) is 6.92 Å². The van der Waals surface area contributed by atoms with Crippen molar-refractivity contribution >= 4 is 6.03 Å². The Hall–Kier alpha value is -0.770. The van der Waals surface area contributed by atoms with Crippen molar-refractivity contribution < 1.29 is 9.63 Å². The van der Waals surface area contributed by atoms with Crippen LogP contribution < -0.4 is 5.73 Å². The van der Waals surface area contributed by atoms with Crippen molar-refractivity contribution in [2.24, 2.45) is 5.73 Å². The monoisotopic (exact) mass is 117 g/mol. The number of nitrogens with zero attached hydrogens (tertiary/aromatic N) is 1. The molecule has 8 heavy (non-hydrogen) atoms. The lowest BCUT2D eigenvalue weighted by atomic mass is 10.9. The average Bonchev–Trinajstić information content (AvgIpc) is 1.67. The van der Waals surface area contributed by atoms with E-state index in [4.69, 9.17) is 5.73 Å². The number of carbonyl (C=O) groups excluding carboxylic acids is 1. The van der Waals surface area contributed by atoms with Gasteiger partial charge in [-0.1, -0.05) is 0 Å². The topological polar surface area (TPSA) is 55.6 Å². The number of primary amides is 1. The van der Waals surface area contributed by atoms with E-state index < -0.39 is 6.03 Å². The molecule has 0 rings (SSSR count). The molecule has 0 aromatic rings. The van der Waals surface area contributed by atoms with Crippen LogP contribution in [0.2, 0.25) is 0 Å². The van der Waals surface area contributed by atoms with E-state index in [0.717, 1.165) is 5.06 Å². The highest BCUT2D eigenvalue weighted by atomic mass is 16.7. The molecule has 0 aromatic carbocycles. The summed E-state index contributed by atoms with van der Waals surface area (Å²) >= 11 is 0. The van der Waals surface area contributed by atoms with E-state index >= 15 is 0 Å². The van der Waals surface area contributed by atoms with Gasteiger partial charge in [0.1, 0.15) is 0 Å². The van der Waals surface area contributed by atoms with Gasteiger partial charge in [-0.05, 0) is 6.92 Å². The zero-order chi connectivity index (χ0) is 6.57. The van der Waals surface area contributed by atoms with Gasteiger partial charge in [0.25, 0.3) is 0 Å². The maximum absolute atomic E-state index is 10.0. The molecule has 0 aliphatic heterocycles. The van der Waals surface area contributed by atoms with Gasteiger partial charge < -0.3 is 5.73 Å². The third kappa shape index (κ3) is 2.41. The van der Waals surface area contributed by atoms with Crippen molar-refractivity contribution in [3.05, 3.63) is 7.05 Å². The van der Waals surface area contributed by atoms with E-state index in [1.165, 1.54) is 0 Å². The number of urea groups is 1. The molecule has 0 aliphatic carbocycles. The van der Waals surface area contributed by atoms with E-state index in [1.807, 2.05) is 0 Å². The first-order valence-electron chi connectivity index (χ1n) is 2.21. The second-order valence-corrected chi connectivity index (χ2v) is 1.13. The van der Waals surface area contributed by atoms with E-state index in [2.05, 4.69) is 11.9 Å². The fraction of sp³-hybridized carbons (Fsp3) is 0.500. The largest absolute Gasteiger partial charge is 0.350 e. The van der Waals surface area contributed by atoms with Crippen LogP contribution in [-0.4, -0.2) is 17.7 Å². The van der Waals surface area contributed by atoms with Gasteiger partial charge in [0.15, 0.2) is 0 Å². The standard InChI is InChI=1S/C4H9N2O2/c1-3-8-6(2)4(5)7/h2-3H2,1H3,(H2,5,7). The van der Waals surface area contributed by atoms with E-state index in [9.17, 15) is 4.79 Å². The molecule has 0 heterocycles. The normalized spacial score (nSPS) is 8.75. The fourth-order valence-corrected chi connectivity index (χ4v) is 0.219. The van der Waals surface area contributed by atoms with Gasteiger partial charge in [-0.3, -0.25) is 4.84 Å². The molecule has 0 atom stereocenters. The van der Waals surface area contributed by atoms with Gasteiger partial charge in [-0.2, -0.15) is 0 Å². The average molecular weight is 117 g/mol. The van der Waals surface area contributed by atoms with Gasteiger partial charge in [-0.25, -0.2) is 9.86 Å². The zero-order valence-electron chi connectivity index (χ0n) is 4.76. The van der Waals surface area contributed by atoms with Crippen LogP contribution in [0, 0.1) is 7.05 Å². The van der Waals surface area contributed by atoms with Gasteiger partial charge in [0.05, 0.1) is 13.7 Å². The molecule has 1 radical (unpaired) electrons. The number of hydrogen-bond acceptors (Lipinski definition) is 2. The van der Waals surface area contributed by atoms with Crippen LogP contribution in [0.15, 0.2) is 0 Å². The lowest BCUT2D eigenvalue weighted by molar-refractivity contribution is -0.0743. The Kier molecular flexibility index (Phi) is 2.95. The predicted octanol–water partition coefficient (Wildman–Crippen LogP) is 0.110. The van der Waals surface area contributed by atoms with Crippen molar-refractivity contribution in [1.82, 2.24) is 5.06 Å². The minimum absolute atomic E-state index is 0.395. The number of hydrogen-bond donors (Lipinski definition) is 1. The van der Waals surface area contributed by atoms with Crippen LogP contribution in [0.5, 0.6) is 0 Å². The van der Waals surface area contributed by atoms with E-state index in [0.29, 0.717) is 6.61 Å². The molecule has 0 bridgehead atoms. The highest BCUT2D eigenvalue weighted by molar-refractivity contribution is 5.70. The van der Waals surface area contributed by atoms with Gasteiger partial charge in [0.2, 0.25) is 0 Å². The van der Waals surface area contributed by atoms with Crippen molar-refractivity contribution in [3.8, 4) is 0 Å². The van der Waals surface area contributed by atoms with Gasteiger partial charge >= 0.3 is 6.03 Å². The Morgan fingerprint density at radius 1 is 2.00 bits per heavy atom. The first-order valence-corrected chi connectivity index (χ1v) is 2.21. The van der Waals surface area contributed by atoms with Crippen molar-refractivity contribution in [2.45, 2.75) is 6.92 Å². The third-order valence-corrected chi connectivity index (χ3v) is 0.531. The first-order chi connectivity index (χ1) is 3.68. The molecule has 4 nitrogen and oxygen atoms in total. The summed E-state index contributed by atoms with van der Waals surface area (Å²) in [5.41, 5.74) is 4.72. The van der Waals surface area contributed by atoms with Crippen LogP contribution in [-0.2, 0) is 4.84 Å². The molecular formula is C4H9N2O2. The molecule has 0 unspecified atom stereocenters. The van der Waals surface area contributed by atoms with Gasteiger partial charge in [0, 0.05) is 0 Å². The number of amides is 2. The van der Waals surface area contributed by atoms with Crippen molar-refractivity contribution in [3.63, 3.8) is 0 Å². The summed E-state index contributed by atoms with van der Waals surface area (Å²) in [7, 11) is 3.16. The van der Waals surface area contributed by atoms with Crippen LogP contribution in [0.4, 0.5) is 4.79 Å². The maximum atomic E-state index is 10.0. The minimum atomic E-state index is -0.688. The quantitative estimate of drug-likeness (QED) is 0.522. The second-order valence-electron chi connectivity index (χ2n) is 1.13. The summed E-state index contributed by atoms with van der Waals surface area (Å²) in [5.74, 6) is 0. The first kappa shape index (κ1) is 7.23. The molecule has 0 saturated carbocycles. The Morgan fingerprint density at radius 2 is 2.50 bits per heavy atom. The zero-order valence-corrected chi connectivity index (χ0v) is 4.76. The smallest absolute Gasteiger partial charge is 0.338 e. The fourth-order valence-electron chi connectivity index (χ4n) is 0.219. The summed E-state index contributed by atoms with van der Waals surface area (Å²) < 4.78 is 0. The van der Waals surface area contributed by atoms with Crippen LogP contribution in [0.25, 0.3) is 0 Å². The van der Waals surface area contributed by atoms with Crippen LogP contribution >= 0.6 is 0 Å². The summed E-state index contributed by atoms with van der Waals surface area (Å²) in [6.07, 6.45) is 0. The predicted molar refractivity (Wildman–Crippen MR) is 28.4 cm³/mol. The SMILES string of the molecule is [CH2]N(OCC)C(N)=O. The lowest BCUT2D eigenvalue weighted by Gasteiger charge is -2.10. The molecule has 2 N–H and O–H groups in total. The molecule has 0 spiro atoms. The number of nitrogens with two attached hydrogens (primary N) is 1. The maximum Gasteiger partial charge on any atom is 0.338 e. The highest BCUT2D eigenvalue weighted by Crippen LogP contribution is 1.83. The molecule has 0 aliphatic rings. The van der Waals surface area contributed by atoms with Gasteiger partial charge in [-0.15, -0.1) is 0 Å². The van der Waals surface area contributed by atoms with Crippen LogP contribution in [0.3, 0.4) is 0 Å². The minimum Gasteiger partial charge on any atom is -0.350 e. The molecule has 0 fully saturated rings. The second kappa shape index (κ2) is 3.26. The molecule has 0 aromatic heterocycles. The third-order valence-electron chi connectivity index (χ3n) is 0.531. The Morgan fingerprint density at radius 3 is 2.62 bits per heavy atom. The Bertz CT molecular complexity index is 84.1. The molecule has 47 valence electrons. The lowest BCUT2D eigenvalue weighted by Crippen LogP contribution is -2.30. The number of hydroxylamine groups is 2. The molecular weight excluding hydrogens is 108 g/mol. The van der Waals surface area contributed by atoms with Crippen molar-refractivity contribution in [2.75, 3.05) is 6.61 Å². The summed E-state index contributed by atoms with van der Waals surface area (Å²) in [5, 5.41) is 0.736. The number of carbonyl (C=O) groups is 1. The summed E-state index contributed by atoms with van der Waals surface area (Å²) in [6, 6.07) is -0.688. The molecule has 2 amide bonds. The summed E-state index contributed by atoms with van der Waals surface area (Å²) in [6.45, 7) is 2.13. The number of rotatable bonds is 2. The Balaban J connectivity index is 3.32. The van der Waals surface area contributed by atoms with Crippen molar-refractivity contribution in [1.29, 1.82) is 0 Å².